The zero-order chi connectivity index (χ0) is 16.4. The Morgan fingerprint density at radius 1 is 1.17 bits per heavy atom. The van der Waals surface area contributed by atoms with E-state index in [1.165, 1.54) is 16.7 Å². The van der Waals surface area contributed by atoms with Gasteiger partial charge in [-0.05, 0) is 26.5 Å². The third-order valence-electron chi connectivity index (χ3n) is 5.18. The fourth-order valence-electron chi connectivity index (χ4n) is 3.72. The van der Waals surface area contributed by atoms with Crippen LogP contribution < -0.4 is 9.47 Å². The molecule has 0 bridgehead atoms. The van der Waals surface area contributed by atoms with Crippen LogP contribution in [0.4, 0.5) is 0 Å². The van der Waals surface area contributed by atoms with E-state index in [0.29, 0.717) is 6.04 Å². The molecule has 1 unspecified atom stereocenters. The van der Waals surface area contributed by atoms with Crippen LogP contribution in [0.15, 0.2) is 6.07 Å². The first-order chi connectivity index (χ1) is 11.2. The van der Waals surface area contributed by atoms with Crippen LogP contribution in [-0.4, -0.2) is 63.9 Å². The molecule has 0 saturated carbocycles. The van der Waals surface area contributed by atoms with Crippen LogP contribution in [-0.2, 0) is 17.7 Å². The minimum absolute atomic E-state index is 0.347. The Balaban J connectivity index is 1.99. The highest BCUT2D eigenvalue weighted by Crippen LogP contribution is 2.42. The van der Waals surface area contributed by atoms with Gasteiger partial charge in [-0.25, -0.2) is 0 Å². The Bertz CT molecular complexity index is 556. The molecule has 2 aliphatic rings. The summed E-state index contributed by atoms with van der Waals surface area (Å²) in [7, 11) is 5.72. The molecule has 1 aromatic carbocycles. The van der Waals surface area contributed by atoms with Crippen molar-refractivity contribution < 1.29 is 14.2 Å². The van der Waals surface area contributed by atoms with Crippen LogP contribution in [0.5, 0.6) is 11.5 Å². The maximum Gasteiger partial charge on any atom is 0.127 e. The summed E-state index contributed by atoms with van der Waals surface area (Å²) in [6.07, 6.45) is 1.01. The van der Waals surface area contributed by atoms with Gasteiger partial charge in [0, 0.05) is 48.9 Å². The van der Waals surface area contributed by atoms with E-state index < -0.39 is 0 Å². The highest BCUT2D eigenvalue weighted by molar-refractivity contribution is 5.56. The van der Waals surface area contributed by atoms with E-state index in [0.717, 1.165) is 57.3 Å². The van der Waals surface area contributed by atoms with Gasteiger partial charge in [-0.3, -0.25) is 9.80 Å². The van der Waals surface area contributed by atoms with Crippen molar-refractivity contribution in [1.82, 2.24) is 9.80 Å². The van der Waals surface area contributed by atoms with Crippen molar-refractivity contribution in [3.63, 3.8) is 0 Å². The van der Waals surface area contributed by atoms with Crippen molar-refractivity contribution in [3.8, 4) is 11.5 Å². The Morgan fingerprint density at radius 3 is 2.57 bits per heavy atom. The summed E-state index contributed by atoms with van der Waals surface area (Å²) in [6.45, 7) is 7.75. The summed E-state index contributed by atoms with van der Waals surface area (Å²) in [4.78, 5) is 4.79. The molecule has 0 N–H and O–H groups in total. The van der Waals surface area contributed by atoms with E-state index in [1.807, 2.05) is 0 Å². The fourth-order valence-corrected chi connectivity index (χ4v) is 3.72. The van der Waals surface area contributed by atoms with Crippen molar-refractivity contribution >= 4 is 0 Å². The maximum absolute atomic E-state index is 5.84. The topological polar surface area (TPSA) is 34.2 Å². The number of fused-ring (bicyclic) bond motifs is 1. The van der Waals surface area contributed by atoms with Crippen molar-refractivity contribution in [2.24, 2.45) is 0 Å². The summed E-state index contributed by atoms with van der Waals surface area (Å²) in [5, 5.41) is 0. The Kier molecular flexibility index (Phi) is 5.09. The Morgan fingerprint density at radius 2 is 1.91 bits per heavy atom. The second-order valence-corrected chi connectivity index (χ2v) is 6.46. The first kappa shape index (κ1) is 16.6. The monoisotopic (exact) mass is 320 g/mol. The van der Waals surface area contributed by atoms with E-state index in [4.69, 9.17) is 14.2 Å². The Hall–Kier alpha value is -1.30. The average molecular weight is 320 g/mol. The van der Waals surface area contributed by atoms with E-state index in [1.54, 1.807) is 14.2 Å². The van der Waals surface area contributed by atoms with Crippen LogP contribution in [0.2, 0.25) is 0 Å². The van der Waals surface area contributed by atoms with Gasteiger partial charge in [-0.2, -0.15) is 0 Å². The van der Waals surface area contributed by atoms with Crippen LogP contribution in [0.25, 0.3) is 0 Å². The molecule has 3 rings (SSSR count). The number of hydrogen-bond donors (Lipinski definition) is 0. The summed E-state index contributed by atoms with van der Waals surface area (Å²) in [6, 6.07) is 2.52. The zero-order valence-corrected chi connectivity index (χ0v) is 14.7. The van der Waals surface area contributed by atoms with Crippen LogP contribution in [0.1, 0.15) is 29.7 Å². The number of likely N-dealkylation sites (N-methyl/N-ethyl adjacent to an activating group) is 1. The van der Waals surface area contributed by atoms with Crippen molar-refractivity contribution in [1.29, 1.82) is 0 Å². The molecule has 0 aromatic heterocycles. The quantitative estimate of drug-likeness (QED) is 0.848. The van der Waals surface area contributed by atoms with Crippen LogP contribution in [0, 0.1) is 0 Å². The molecule has 1 saturated heterocycles. The molecule has 0 spiro atoms. The van der Waals surface area contributed by atoms with Gasteiger partial charge in [0.15, 0.2) is 0 Å². The predicted octanol–water partition coefficient (Wildman–Crippen LogP) is 2.08. The molecule has 23 heavy (non-hydrogen) atoms. The number of nitrogens with zero attached hydrogens (tertiary/aromatic N) is 2. The van der Waals surface area contributed by atoms with Gasteiger partial charge in [0.2, 0.25) is 0 Å². The molecule has 2 heterocycles. The lowest BCUT2D eigenvalue weighted by Crippen LogP contribution is -2.36. The van der Waals surface area contributed by atoms with Gasteiger partial charge in [-0.1, -0.05) is 0 Å². The SMILES string of the molecule is COc1cc(CN2CCOCC2)c(OC)c2c1C(C)N(C)CC2. The summed E-state index contributed by atoms with van der Waals surface area (Å²) in [5.74, 6) is 2.04. The summed E-state index contributed by atoms with van der Waals surface area (Å²) in [5.41, 5.74) is 3.83. The molecule has 2 aliphatic heterocycles. The lowest BCUT2D eigenvalue weighted by atomic mass is 9.89. The maximum atomic E-state index is 5.84. The lowest BCUT2D eigenvalue weighted by molar-refractivity contribution is 0.0338. The van der Waals surface area contributed by atoms with Gasteiger partial charge in [0.05, 0.1) is 27.4 Å². The van der Waals surface area contributed by atoms with Gasteiger partial charge >= 0.3 is 0 Å². The van der Waals surface area contributed by atoms with Crippen molar-refractivity contribution in [3.05, 3.63) is 22.8 Å². The molecule has 128 valence electrons. The number of benzene rings is 1. The normalized spacial score (nSPS) is 22.7. The zero-order valence-electron chi connectivity index (χ0n) is 14.7. The van der Waals surface area contributed by atoms with E-state index in [-0.39, 0.29) is 0 Å². The minimum Gasteiger partial charge on any atom is -0.496 e. The lowest BCUT2D eigenvalue weighted by Gasteiger charge is -2.35. The van der Waals surface area contributed by atoms with E-state index in [9.17, 15) is 0 Å². The third kappa shape index (κ3) is 3.18. The highest BCUT2D eigenvalue weighted by Gasteiger charge is 2.29. The molecule has 1 atom stereocenters. The highest BCUT2D eigenvalue weighted by atomic mass is 16.5. The average Bonchev–Trinajstić information content (AvgIpc) is 2.58. The van der Waals surface area contributed by atoms with Crippen LogP contribution in [0.3, 0.4) is 0 Å². The van der Waals surface area contributed by atoms with Gasteiger partial charge in [-0.15, -0.1) is 0 Å². The minimum atomic E-state index is 0.347. The Labute approximate surface area is 139 Å². The van der Waals surface area contributed by atoms with E-state index >= 15 is 0 Å². The number of ether oxygens (including phenoxy) is 3. The first-order valence-electron chi connectivity index (χ1n) is 8.42. The number of methoxy groups -OCH3 is 2. The largest absolute Gasteiger partial charge is 0.496 e. The number of rotatable bonds is 4. The number of morpholine rings is 1. The molecule has 5 nitrogen and oxygen atoms in total. The molecule has 5 heteroatoms. The molecule has 1 fully saturated rings. The number of hydrogen-bond acceptors (Lipinski definition) is 5. The predicted molar refractivity (Wildman–Crippen MR) is 90.4 cm³/mol. The fraction of sp³-hybridized carbons (Fsp3) is 0.667. The third-order valence-corrected chi connectivity index (χ3v) is 5.18. The van der Waals surface area contributed by atoms with Gasteiger partial charge in [0.1, 0.15) is 11.5 Å². The molecular weight excluding hydrogens is 292 g/mol. The standard InChI is InChI=1S/C18H28N2O3/c1-13-17-15(5-6-19(13)2)18(22-4)14(11-16(17)21-3)12-20-7-9-23-10-8-20/h11,13H,5-10,12H2,1-4H3. The summed E-state index contributed by atoms with van der Waals surface area (Å²) < 4.78 is 17.0. The molecule has 0 aliphatic carbocycles. The second kappa shape index (κ2) is 7.07. The van der Waals surface area contributed by atoms with Crippen LogP contribution >= 0.6 is 0 Å². The van der Waals surface area contributed by atoms with E-state index in [2.05, 4.69) is 29.8 Å². The van der Waals surface area contributed by atoms with Crippen molar-refractivity contribution in [2.75, 3.05) is 54.1 Å². The molecule has 0 amide bonds. The first-order valence-corrected chi connectivity index (χ1v) is 8.42. The van der Waals surface area contributed by atoms with Crippen molar-refractivity contribution in [2.45, 2.75) is 25.9 Å². The molecule has 0 radical (unpaired) electrons. The van der Waals surface area contributed by atoms with Gasteiger partial charge in [0.25, 0.3) is 0 Å². The smallest absolute Gasteiger partial charge is 0.127 e. The molecular formula is C18H28N2O3. The molecule has 1 aromatic rings. The van der Waals surface area contributed by atoms with Gasteiger partial charge < -0.3 is 14.2 Å². The second-order valence-electron chi connectivity index (χ2n) is 6.46. The summed E-state index contributed by atoms with van der Waals surface area (Å²) >= 11 is 0.